The van der Waals surface area contributed by atoms with Crippen molar-refractivity contribution in [2.45, 2.75) is 6.54 Å². The van der Waals surface area contributed by atoms with Crippen LogP contribution in [-0.2, 0) is 16.1 Å². The van der Waals surface area contributed by atoms with Gasteiger partial charge < -0.3 is 25.4 Å². The minimum atomic E-state index is -0.243. The molecule has 3 aromatic carbocycles. The Kier molecular flexibility index (Phi) is 8.88. The highest BCUT2D eigenvalue weighted by Crippen LogP contribution is 2.18. The third-order valence-corrected chi connectivity index (χ3v) is 5.15. The van der Waals surface area contributed by atoms with Crippen molar-refractivity contribution in [2.24, 2.45) is 0 Å². The summed E-state index contributed by atoms with van der Waals surface area (Å²) in [6.45, 7) is 0.444. The number of halogens is 1. The first-order chi connectivity index (χ1) is 15.5. The number of nitrogens with one attached hydrogen (secondary N) is 3. The maximum atomic E-state index is 12.2. The van der Waals surface area contributed by atoms with Gasteiger partial charge in [-0.3, -0.25) is 9.59 Å². The molecule has 0 bridgehead atoms. The molecule has 0 unspecified atom stereocenters. The van der Waals surface area contributed by atoms with Gasteiger partial charge in [-0.15, -0.1) is 0 Å². The average Bonchev–Trinajstić information content (AvgIpc) is 2.80. The lowest BCUT2D eigenvalue weighted by Crippen LogP contribution is -2.28. The Hall–Kier alpha value is -3.11. The fourth-order valence-electron chi connectivity index (χ4n) is 2.85. The minimum Gasteiger partial charge on any atom is -0.497 e. The monoisotopic (exact) mass is 545 g/mol. The highest BCUT2D eigenvalue weighted by molar-refractivity contribution is 14.1. The third-order valence-electron chi connectivity index (χ3n) is 4.43. The number of anilines is 2. The summed E-state index contributed by atoms with van der Waals surface area (Å²) in [5.41, 5.74) is 2.27. The normalized spacial score (nSPS) is 10.3. The van der Waals surface area contributed by atoms with Gasteiger partial charge in [-0.2, -0.15) is 0 Å². The minimum absolute atomic E-state index is 0.110. The Bertz CT molecular complexity index is 1040. The number of rotatable bonds is 10. The van der Waals surface area contributed by atoms with Crippen LogP contribution in [0.2, 0.25) is 0 Å². The van der Waals surface area contributed by atoms with E-state index in [4.69, 9.17) is 9.47 Å². The number of amides is 2. The van der Waals surface area contributed by atoms with Gasteiger partial charge >= 0.3 is 0 Å². The van der Waals surface area contributed by atoms with Crippen molar-refractivity contribution in [3.8, 4) is 11.5 Å². The molecule has 3 N–H and O–H groups in total. The Balaban J connectivity index is 1.45. The number of carbonyl (C=O) groups is 2. The summed E-state index contributed by atoms with van der Waals surface area (Å²) >= 11 is 2.21. The van der Waals surface area contributed by atoms with E-state index in [1.807, 2.05) is 42.5 Å². The summed E-state index contributed by atoms with van der Waals surface area (Å²) in [5.74, 6) is 0.914. The molecule has 0 aliphatic carbocycles. The Morgan fingerprint density at radius 2 is 1.47 bits per heavy atom. The second-order valence-corrected chi connectivity index (χ2v) is 8.08. The van der Waals surface area contributed by atoms with Crippen molar-refractivity contribution in [3.05, 3.63) is 81.9 Å². The first kappa shape index (κ1) is 23.6. The molecular formula is C24H24IN3O4. The zero-order chi connectivity index (χ0) is 22.8. The molecule has 0 saturated heterocycles. The first-order valence-corrected chi connectivity index (χ1v) is 11.0. The fraction of sp³-hybridized carbons (Fsp3) is 0.167. The number of hydrogen-bond donors (Lipinski definition) is 3. The van der Waals surface area contributed by atoms with Gasteiger partial charge in [0.1, 0.15) is 11.5 Å². The molecule has 0 aliphatic rings. The van der Waals surface area contributed by atoms with Crippen molar-refractivity contribution >= 4 is 45.8 Å². The maximum absolute atomic E-state index is 12.2. The number of methoxy groups -OCH3 is 1. The van der Waals surface area contributed by atoms with E-state index < -0.39 is 0 Å². The molecule has 0 aromatic heterocycles. The molecule has 0 radical (unpaired) electrons. The van der Waals surface area contributed by atoms with Gasteiger partial charge in [0.05, 0.1) is 13.7 Å². The zero-order valence-corrected chi connectivity index (χ0v) is 19.7. The molecule has 0 fully saturated rings. The van der Waals surface area contributed by atoms with Crippen molar-refractivity contribution in [1.29, 1.82) is 0 Å². The highest BCUT2D eigenvalue weighted by atomic mass is 127. The second kappa shape index (κ2) is 12.1. The molecule has 3 rings (SSSR count). The molecule has 0 aliphatic heterocycles. The van der Waals surface area contributed by atoms with Crippen LogP contribution in [0.3, 0.4) is 0 Å². The number of hydrogen-bond acceptors (Lipinski definition) is 5. The van der Waals surface area contributed by atoms with Gasteiger partial charge in [-0.1, -0.05) is 18.2 Å². The van der Waals surface area contributed by atoms with E-state index >= 15 is 0 Å². The van der Waals surface area contributed by atoms with E-state index in [9.17, 15) is 9.59 Å². The van der Waals surface area contributed by atoms with Crippen LogP contribution in [0.15, 0.2) is 72.8 Å². The molecule has 0 saturated carbocycles. The lowest BCUT2D eigenvalue weighted by atomic mass is 10.2. The lowest BCUT2D eigenvalue weighted by Gasteiger charge is -2.12. The fourth-order valence-corrected chi connectivity index (χ4v) is 3.21. The highest BCUT2D eigenvalue weighted by Gasteiger charge is 2.08. The number of benzene rings is 3. The zero-order valence-electron chi connectivity index (χ0n) is 17.6. The SMILES string of the molecule is COc1ccc(NC(=O)CNCc2ccccc2OCC(=O)Nc2ccc(I)cc2)cc1. The molecule has 0 heterocycles. The third kappa shape index (κ3) is 7.54. The van der Waals surface area contributed by atoms with Crippen molar-refractivity contribution in [3.63, 3.8) is 0 Å². The summed E-state index contributed by atoms with van der Waals surface area (Å²) in [7, 11) is 1.59. The lowest BCUT2D eigenvalue weighted by molar-refractivity contribution is -0.118. The van der Waals surface area contributed by atoms with Crippen molar-refractivity contribution < 1.29 is 19.1 Å². The molecule has 0 spiro atoms. The van der Waals surface area contributed by atoms with E-state index in [0.717, 1.165) is 20.6 Å². The summed E-state index contributed by atoms with van der Waals surface area (Å²) in [5, 5.41) is 8.72. The van der Waals surface area contributed by atoms with Crippen LogP contribution in [0.4, 0.5) is 11.4 Å². The largest absolute Gasteiger partial charge is 0.497 e. The van der Waals surface area contributed by atoms with E-state index in [-0.39, 0.29) is 25.0 Å². The predicted molar refractivity (Wildman–Crippen MR) is 133 cm³/mol. The van der Waals surface area contributed by atoms with Crippen LogP contribution in [0.25, 0.3) is 0 Å². The van der Waals surface area contributed by atoms with Crippen LogP contribution >= 0.6 is 22.6 Å². The topological polar surface area (TPSA) is 88.7 Å². The van der Waals surface area contributed by atoms with Crippen LogP contribution in [0.1, 0.15) is 5.56 Å². The van der Waals surface area contributed by atoms with E-state index in [1.54, 1.807) is 37.4 Å². The number of para-hydroxylation sites is 1. The van der Waals surface area contributed by atoms with E-state index in [0.29, 0.717) is 18.0 Å². The quantitative estimate of drug-likeness (QED) is 0.335. The van der Waals surface area contributed by atoms with Crippen molar-refractivity contribution in [1.82, 2.24) is 5.32 Å². The maximum Gasteiger partial charge on any atom is 0.262 e. The Morgan fingerprint density at radius 1 is 0.844 bits per heavy atom. The molecule has 2 amide bonds. The smallest absolute Gasteiger partial charge is 0.262 e. The first-order valence-electron chi connectivity index (χ1n) is 9.94. The van der Waals surface area contributed by atoms with Gasteiger partial charge in [-0.05, 0) is 77.2 Å². The number of carbonyl (C=O) groups excluding carboxylic acids is 2. The summed E-state index contributed by atoms with van der Waals surface area (Å²) in [4.78, 5) is 24.3. The predicted octanol–water partition coefficient (Wildman–Crippen LogP) is 4.05. The van der Waals surface area contributed by atoms with Crippen molar-refractivity contribution in [2.75, 3.05) is 30.9 Å². The molecular weight excluding hydrogens is 521 g/mol. The molecule has 8 heteroatoms. The second-order valence-electron chi connectivity index (χ2n) is 6.83. The standard InChI is InChI=1S/C24H24IN3O4/c1-31-21-12-10-20(11-13-21)27-23(29)15-26-14-17-4-2-3-5-22(17)32-16-24(30)28-19-8-6-18(25)7-9-19/h2-13,26H,14-16H2,1H3,(H,27,29)(H,28,30). The van der Waals surface area contributed by atoms with Crippen LogP contribution in [-0.4, -0.2) is 32.1 Å². The summed E-state index contributed by atoms with van der Waals surface area (Å²) in [6, 6.07) is 22.1. The Morgan fingerprint density at radius 3 is 2.16 bits per heavy atom. The van der Waals surface area contributed by atoms with E-state index in [2.05, 4.69) is 38.5 Å². The molecule has 166 valence electrons. The van der Waals surface area contributed by atoms with Gasteiger partial charge in [0.25, 0.3) is 5.91 Å². The average molecular weight is 545 g/mol. The molecule has 3 aromatic rings. The Labute approximate surface area is 200 Å². The van der Waals surface area contributed by atoms with Crippen LogP contribution < -0.4 is 25.4 Å². The number of ether oxygens (including phenoxy) is 2. The molecule has 7 nitrogen and oxygen atoms in total. The van der Waals surface area contributed by atoms with Gasteiger partial charge in [0.15, 0.2) is 6.61 Å². The van der Waals surface area contributed by atoms with Gasteiger partial charge in [0.2, 0.25) is 5.91 Å². The summed E-state index contributed by atoms with van der Waals surface area (Å²) in [6.07, 6.45) is 0. The molecule has 0 atom stereocenters. The van der Waals surface area contributed by atoms with Gasteiger partial charge in [-0.25, -0.2) is 0 Å². The van der Waals surface area contributed by atoms with Crippen LogP contribution in [0.5, 0.6) is 11.5 Å². The summed E-state index contributed by atoms with van der Waals surface area (Å²) < 4.78 is 11.9. The van der Waals surface area contributed by atoms with Gasteiger partial charge in [0, 0.05) is 27.1 Å². The van der Waals surface area contributed by atoms with Crippen LogP contribution in [0, 0.1) is 3.57 Å². The van der Waals surface area contributed by atoms with E-state index in [1.165, 1.54) is 0 Å². The molecule has 32 heavy (non-hydrogen) atoms.